The maximum absolute atomic E-state index is 13.7. The zero-order chi connectivity index (χ0) is 48.8. The van der Waals surface area contributed by atoms with Gasteiger partial charge in [-0.2, -0.15) is 5.10 Å². The zero-order valence-corrected chi connectivity index (χ0v) is 41.1. The topological polar surface area (TPSA) is 175 Å². The summed E-state index contributed by atoms with van der Waals surface area (Å²) in [4.78, 5) is 52.4. The first-order valence-corrected chi connectivity index (χ1v) is 26.0. The number of aryl methyl sites for hydroxylation is 1. The molecule has 15 heteroatoms. The first kappa shape index (κ1) is 46.8. The van der Waals surface area contributed by atoms with Gasteiger partial charge < -0.3 is 24.7 Å². The molecule has 71 heavy (non-hydrogen) atoms. The van der Waals surface area contributed by atoms with Gasteiger partial charge in [0.25, 0.3) is 5.91 Å². The van der Waals surface area contributed by atoms with Gasteiger partial charge in [0, 0.05) is 49.6 Å². The Labute approximate surface area is 417 Å². The lowest BCUT2D eigenvalue weighted by Crippen LogP contribution is -2.39. The van der Waals surface area contributed by atoms with Crippen LogP contribution in [0, 0.1) is 12.8 Å². The Morgan fingerprint density at radius 3 is 2.55 bits per heavy atom. The van der Waals surface area contributed by atoms with Crippen LogP contribution in [0.15, 0.2) is 91.0 Å². The van der Waals surface area contributed by atoms with E-state index in [1.807, 2.05) is 85.4 Å². The van der Waals surface area contributed by atoms with Crippen molar-refractivity contribution in [2.45, 2.75) is 102 Å². The molecule has 11 rings (SSSR count). The summed E-state index contributed by atoms with van der Waals surface area (Å²) in [5, 5.41) is 33.4. The number of aliphatic hydroxyl groups is 2. The Hall–Kier alpha value is -6.52. The van der Waals surface area contributed by atoms with E-state index in [1.165, 1.54) is 29.7 Å². The molecule has 3 fully saturated rings. The molecule has 3 aliphatic heterocycles. The smallest absolute Gasteiger partial charge is 0.257 e. The van der Waals surface area contributed by atoms with Gasteiger partial charge in [-0.1, -0.05) is 65.9 Å². The third-order valence-electron chi connectivity index (χ3n) is 15.5. The highest BCUT2D eigenvalue weighted by Crippen LogP contribution is 2.40. The lowest BCUT2D eigenvalue weighted by molar-refractivity contribution is -0.134. The highest BCUT2D eigenvalue weighted by molar-refractivity contribution is 7.22. The molecule has 4 N–H and O–H groups in total. The number of hydrogen-bond acceptors (Lipinski definition) is 12. The highest BCUT2D eigenvalue weighted by atomic mass is 32.1. The fourth-order valence-corrected chi connectivity index (χ4v) is 12.6. The number of fused-ring (bicyclic) bond motifs is 3. The number of anilines is 2. The van der Waals surface area contributed by atoms with E-state index in [1.54, 1.807) is 0 Å². The second kappa shape index (κ2) is 19.9. The molecule has 3 aromatic heterocycles. The van der Waals surface area contributed by atoms with Gasteiger partial charge in [0.2, 0.25) is 11.8 Å². The molecule has 2 atom stereocenters. The fraction of sp³-hybridized carbons (Fsp3) is 0.393. The lowest BCUT2D eigenvalue weighted by Gasteiger charge is -2.32. The minimum atomic E-state index is -1.80. The summed E-state index contributed by atoms with van der Waals surface area (Å²) in [5.41, 5.74) is 9.20. The largest absolute Gasteiger partial charge is 0.490 e. The van der Waals surface area contributed by atoms with E-state index in [-0.39, 0.29) is 29.5 Å². The molecule has 2 saturated heterocycles. The molecular weight excluding hydrogens is 913 g/mol. The summed E-state index contributed by atoms with van der Waals surface area (Å²) >= 11 is 1.45. The van der Waals surface area contributed by atoms with Crippen molar-refractivity contribution in [1.82, 2.24) is 30.0 Å². The Morgan fingerprint density at radius 2 is 1.72 bits per heavy atom. The van der Waals surface area contributed by atoms with E-state index in [2.05, 4.69) is 49.7 Å². The second-order valence-electron chi connectivity index (χ2n) is 19.9. The number of amides is 3. The van der Waals surface area contributed by atoms with Crippen molar-refractivity contribution in [3.63, 3.8) is 0 Å². The van der Waals surface area contributed by atoms with Crippen LogP contribution < -0.4 is 20.3 Å². The number of hydrogen-bond donors (Lipinski definition) is 4. The number of rotatable bonds is 13. The Bertz CT molecular complexity index is 3120. The number of piperidine rings is 1. The van der Waals surface area contributed by atoms with E-state index in [4.69, 9.17) is 14.8 Å². The molecule has 4 aromatic carbocycles. The number of carbonyl (C=O) groups is 3. The average Bonchev–Trinajstić information content (AvgIpc) is 4.11. The third-order valence-corrected chi connectivity index (χ3v) is 16.4. The summed E-state index contributed by atoms with van der Waals surface area (Å²) < 4.78 is 9.66. The Kier molecular flexibility index (Phi) is 13.2. The van der Waals surface area contributed by atoms with Gasteiger partial charge in [-0.15, -0.1) is 0 Å². The summed E-state index contributed by atoms with van der Waals surface area (Å²) in [7, 11) is 1.96. The molecule has 6 heterocycles. The van der Waals surface area contributed by atoms with Crippen molar-refractivity contribution < 1.29 is 29.3 Å². The van der Waals surface area contributed by atoms with Gasteiger partial charge in [-0.3, -0.25) is 29.7 Å². The van der Waals surface area contributed by atoms with Crippen LogP contribution in [-0.4, -0.2) is 84.9 Å². The summed E-state index contributed by atoms with van der Waals surface area (Å²) in [6.45, 7) is 6.30. The van der Waals surface area contributed by atoms with E-state index >= 15 is 0 Å². The summed E-state index contributed by atoms with van der Waals surface area (Å²) in [6.07, 6.45) is 7.58. The maximum atomic E-state index is 13.7. The number of nitrogens with zero attached hydrogens (tertiary/aromatic N) is 6. The highest BCUT2D eigenvalue weighted by Gasteiger charge is 2.34. The van der Waals surface area contributed by atoms with Crippen LogP contribution in [-0.2, 0) is 29.6 Å². The number of benzene rings is 4. The van der Waals surface area contributed by atoms with Crippen LogP contribution in [0.4, 0.5) is 10.9 Å². The van der Waals surface area contributed by atoms with Crippen LogP contribution in [0.25, 0.3) is 32.2 Å². The molecule has 2 unspecified atom stereocenters. The SMILES string of the molecule is Cc1c(OC2CCC(CCCN3CCC(c4cccc5c(C6CCC(=O)NC6=O)nn(C)c45)C3)CC2)cccc1-c1ccc(N2CCc3cccc(C(=O)Nc4nc5ccccc5s4)c3C2)nc1C(O)O. The average molecular weight is 973 g/mol. The number of para-hydroxylation sites is 2. The normalized spacial score (nSPS) is 20.7. The van der Waals surface area contributed by atoms with E-state index in [0.29, 0.717) is 66.3 Å². The van der Waals surface area contributed by atoms with Crippen molar-refractivity contribution in [2.75, 3.05) is 36.4 Å². The monoisotopic (exact) mass is 972 g/mol. The standard InChI is InChI=1S/C56H60N8O6S/c1-33-38(40-22-24-48(58-51(40)55(68)69)64-30-27-35-10-5-13-41(44(35)32-64)53(66)60-56-57-45-15-3-4-17-47(45)71-56)11-7-16-46(33)70-37-20-18-34(19-21-37)9-8-28-63-29-26-36(31-63)39-12-6-14-42-50(61-62(2)52(39)42)43-23-25-49(65)59-54(43)67/h3-7,10-17,22,24,34,36-37,43,55,68-69H,8-9,18-21,23,25-32H2,1-2H3,(H,57,60,66)(H,59,65,67). The first-order chi connectivity index (χ1) is 34.5. The van der Waals surface area contributed by atoms with Gasteiger partial charge in [0.05, 0.1) is 33.4 Å². The molecule has 7 aromatic rings. The lowest BCUT2D eigenvalue weighted by atomic mass is 9.84. The van der Waals surface area contributed by atoms with Crippen molar-refractivity contribution in [1.29, 1.82) is 0 Å². The zero-order valence-electron chi connectivity index (χ0n) is 40.3. The second-order valence-corrected chi connectivity index (χ2v) is 20.9. The van der Waals surface area contributed by atoms with Gasteiger partial charge >= 0.3 is 0 Å². The summed E-state index contributed by atoms with van der Waals surface area (Å²) in [5.74, 6) is 1.41. The van der Waals surface area contributed by atoms with Crippen LogP contribution >= 0.6 is 11.3 Å². The summed E-state index contributed by atoms with van der Waals surface area (Å²) in [6, 6.07) is 29.8. The number of thiazole rings is 1. The van der Waals surface area contributed by atoms with Gasteiger partial charge in [0.1, 0.15) is 17.3 Å². The number of pyridine rings is 1. The quantitative estimate of drug-likeness (QED) is 0.0641. The van der Waals surface area contributed by atoms with E-state index in [9.17, 15) is 24.6 Å². The molecule has 4 aliphatic rings. The molecule has 1 aliphatic carbocycles. The van der Waals surface area contributed by atoms with Crippen molar-refractivity contribution in [2.24, 2.45) is 13.0 Å². The van der Waals surface area contributed by atoms with E-state index < -0.39 is 12.2 Å². The molecule has 0 spiro atoms. The van der Waals surface area contributed by atoms with Crippen LogP contribution in [0.3, 0.4) is 0 Å². The molecule has 3 amide bonds. The van der Waals surface area contributed by atoms with Crippen LogP contribution in [0.5, 0.6) is 5.75 Å². The Morgan fingerprint density at radius 1 is 0.887 bits per heavy atom. The molecule has 14 nitrogen and oxygen atoms in total. The molecular formula is C56H60N8O6S. The van der Waals surface area contributed by atoms with Crippen molar-refractivity contribution in [3.8, 4) is 16.9 Å². The van der Waals surface area contributed by atoms with Gasteiger partial charge in [0.15, 0.2) is 11.4 Å². The number of imide groups is 1. The van der Waals surface area contributed by atoms with Crippen molar-refractivity contribution in [3.05, 3.63) is 130 Å². The fourth-order valence-electron chi connectivity index (χ4n) is 11.7. The molecule has 0 bridgehead atoms. The van der Waals surface area contributed by atoms with Gasteiger partial charge in [-0.05, 0) is 154 Å². The number of aromatic nitrogens is 4. The first-order valence-electron chi connectivity index (χ1n) is 25.2. The number of ether oxygens (including phenoxy) is 1. The number of nitrogens with one attached hydrogen (secondary N) is 2. The Balaban J connectivity index is 0.686. The van der Waals surface area contributed by atoms with Gasteiger partial charge in [-0.25, -0.2) is 9.97 Å². The predicted molar refractivity (Wildman–Crippen MR) is 276 cm³/mol. The molecule has 0 radical (unpaired) electrons. The number of likely N-dealkylation sites (tertiary alicyclic amines) is 1. The van der Waals surface area contributed by atoms with E-state index in [0.717, 1.165) is 107 Å². The minimum absolute atomic E-state index is 0.114. The predicted octanol–water partition coefficient (Wildman–Crippen LogP) is 9.08. The third kappa shape index (κ3) is 9.55. The van der Waals surface area contributed by atoms with Crippen LogP contribution in [0.1, 0.15) is 120 Å². The number of aliphatic hydroxyl groups excluding tert-OH is 1. The minimum Gasteiger partial charge on any atom is -0.490 e. The van der Waals surface area contributed by atoms with Crippen LogP contribution in [0.2, 0.25) is 0 Å². The van der Waals surface area contributed by atoms with Crippen molar-refractivity contribution >= 4 is 61.1 Å². The number of carbonyl (C=O) groups excluding carboxylic acids is 3. The molecule has 366 valence electrons. The maximum Gasteiger partial charge on any atom is 0.257 e. The molecule has 1 saturated carbocycles.